The average Bonchev–Trinajstić information content (AvgIpc) is 4.37. The van der Waals surface area contributed by atoms with E-state index in [-0.39, 0.29) is 22.8 Å². The standard InChI is InChI=1S/2C29H31FN6O/c2*1-19-14-27(36(35-19)24-6-2-4-21(15-24)17-31)28(37)34-26-16-22(9-10-25(26)30)29(32,12-11-20-7-8-20)23-5-3-13-33-18-23/h2*2-6,9-10,13-16,18,20H,7-8,11-12,17,31-32H2,1H3,(H,34,37). The van der Waals surface area contributed by atoms with Gasteiger partial charge in [0.15, 0.2) is 0 Å². The Morgan fingerprint density at radius 3 is 1.35 bits per heavy atom. The van der Waals surface area contributed by atoms with Gasteiger partial charge in [-0.15, -0.1) is 0 Å². The van der Waals surface area contributed by atoms with Crippen LogP contribution in [0.5, 0.6) is 0 Å². The van der Waals surface area contributed by atoms with Crippen LogP contribution in [-0.4, -0.2) is 41.3 Å². The number of aromatic nitrogens is 6. The summed E-state index contributed by atoms with van der Waals surface area (Å²) in [6, 6.07) is 35.3. The molecule has 2 amide bonds. The van der Waals surface area contributed by atoms with Crippen molar-refractivity contribution in [3.63, 3.8) is 0 Å². The van der Waals surface area contributed by atoms with Crippen LogP contribution in [0.25, 0.3) is 11.4 Å². The molecule has 74 heavy (non-hydrogen) atoms. The van der Waals surface area contributed by atoms with E-state index < -0.39 is 34.5 Å². The van der Waals surface area contributed by atoms with Crippen molar-refractivity contribution < 1.29 is 18.4 Å². The van der Waals surface area contributed by atoms with Gasteiger partial charge in [-0.2, -0.15) is 10.2 Å². The van der Waals surface area contributed by atoms with Crippen molar-refractivity contribution in [3.8, 4) is 11.4 Å². The zero-order chi connectivity index (χ0) is 52.0. The van der Waals surface area contributed by atoms with E-state index >= 15 is 0 Å². The number of aryl methyl sites for hydroxylation is 2. The second-order valence-electron chi connectivity index (χ2n) is 19.6. The molecule has 4 aromatic carbocycles. The first-order valence-corrected chi connectivity index (χ1v) is 25.1. The van der Waals surface area contributed by atoms with Crippen molar-refractivity contribution in [1.82, 2.24) is 29.5 Å². The van der Waals surface area contributed by atoms with Gasteiger partial charge in [0, 0.05) is 37.9 Å². The van der Waals surface area contributed by atoms with Gasteiger partial charge in [-0.05, 0) is 158 Å². The summed E-state index contributed by atoms with van der Waals surface area (Å²) in [7, 11) is 0. The molecule has 10 rings (SSSR count). The molecule has 0 saturated heterocycles. The topological polar surface area (TPSA) is 224 Å². The van der Waals surface area contributed by atoms with Gasteiger partial charge in [0.2, 0.25) is 0 Å². The first kappa shape index (κ1) is 51.2. The number of carbonyl (C=O) groups excluding carboxylic acids is 2. The van der Waals surface area contributed by atoms with Gasteiger partial charge in [0.25, 0.3) is 11.8 Å². The van der Waals surface area contributed by atoms with Crippen LogP contribution in [0.2, 0.25) is 0 Å². The molecule has 380 valence electrons. The van der Waals surface area contributed by atoms with Crippen molar-refractivity contribution in [2.24, 2.45) is 34.8 Å². The van der Waals surface area contributed by atoms with Crippen LogP contribution in [0.3, 0.4) is 0 Å². The summed E-state index contributed by atoms with van der Waals surface area (Å²) >= 11 is 0. The van der Waals surface area contributed by atoms with Crippen LogP contribution in [-0.2, 0) is 24.2 Å². The normalized spacial score (nSPS) is 14.8. The van der Waals surface area contributed by atoms with Crippen LogP contribution in [0.1, 0.15) is 117 Å². The highest BCUT2D eigenvalue weighted by atomic mass is 19.1. The number of pyridine rings is 2. The molecule has 2 aliphatic rings. The van der Waals surface area contributed by atoms with Crippen molar-refractivity contribution in [2.75, 3.05) is 10.6 Å². The molecule has 2 aliphatic carbocycles. The SMILES string of the molecule is Cc1cc(C(=O)Nc2cc(C(N)(CCC3CC3)c3cccnc3)ccc2F)n(-c2cccc(CN)c2)n1.Cc1cc(C(=O)Nc2cc(C(N)(CCC3CC3)c3cccnc3)ccc2F)n(-c2cccc(CN)c2)n1. The van der Waals surface area contributed by atoms with Gasteiger partial charge >= 0.3 is 0 Å². The number of nitrogens with one attached hydrogen (secondary N) is 2. The zero-order valence-electron chi connectivity index (χ0n) is 41.6. The Balaban J connectivity index is 0.000000182. The average molecular weight is 997 g/mol. The number of amides is 2. The summed E-state index contributed by atoms with van der Waals surface area (Å²) in [4.78, 5) is 35.3. The minimum atomic E-state index is -0.856. The summed E-state index contributed by atoms with van der Waals surface area (Å²) in [6.07, 6.45) is 15.1. The second kappa shape index (κ2) is 22.2. The number of halogens is 2. The van der Waals surface area contributed by atoms with Crippen molar-refractivity contribution in [2.45, 2.75) is 89.4 Å². The first-order valence-electron chi connectivity index (χ1n) is 25.1. The molecule has 2 saturated carbocycles. The van der Waals surface area contributed by atoms with Crippen LogP contribution < -0.4 is 33.6 Å². The maximum absolute atomic E-state index is 15.0. The molecule has 2 atom stereocenters. The molecule has 14 nitrogen and oxygen atoms in total. The smallest absolute Gasteiger partial charge is 0.274 e. The molecule has 0 bridgehead atoms. The van der Waals surface area contributed by atoms with Crippen molar-refractivity contribution >= 4 is 23.2 Å². The van der Waals surface area contributed by atoms with E-state index in [1.54, 1.807) is 84.4 Å². The summed E-state index contributed by atoms with van der Waals surface area (Å²) in [5.41, 5.74) is 32.3. The highest BCUT2D eigenvalue weighted by molar-refractivity contribution is 6.04. The third-order valence-electron chi connectivity index (χ3n) is 14.0. The molecule has 16 heteroatoms. The Labute approximate surface area is 429 Å². The lowest BCUT2D eigenvalue weighted by Crippen LogP contribution is -2.38. The Morgan fingerprint density at radius 2 is 0.986 bits per heavy atom. The monoisotopic (exact) mass is 997 g/mol. The van der Waals surface area contributed by atoms with Crippen LogP contribution in [0, 0.1) is 37.3 Å². The number of hydrogen-bond donors (Lipinski definition) is 6. The number of anilines is 2. The molecule has 0 spiro atoms. The third kappa shape index (κ3) is 11.7. The van der Waals surface area contributed by atoms with Gasteiger partial charge in [-0.1, -0.05) is 74.2 Å². The molecule has 2 unspecified atom stereocenters. The number of carbonyl (C=O) groups is 2. The summed E-state index contributed by atoms with van der Waals surface area (Å²) in [5.74, 6) is -0.670. The lowest BCUT2D eigenvalue weighted by atomic mass is 9.80. The van der Waals surface area contributed by atoms with E-state index in [2.05, 4.69) is 30.8 Å². The molecule has 0 aliphatic heterocycles. The fourth-order valence-electron chi connectivity index (χ4n) is 9.36. The summed E-state index contributed by atoms with van der Waals surface area (Å²) in [6.45, 7) is 4.34. The van der Waals surface area contributed by atoms with E-state index in [4.69, 9.17) is 22.9 Å². The Bertz CT molecular complexity index is 3050. The highest BCUT2D eigenvalue weighted by Gasteiger charge is 2.35. The Kier molecular flexibility index (Phi) is 15.3. The lowest BCUT2D eigenvalue weighted by Gasteiger charge is -2.31. The fraction of sp³-hybridized carbons (Fsp3) is 0.276. The van der Waals surface area contributed by atoms with E-state index in [9.17, 15) is 18.4 Å². The van der Waals surface area contributed by atoms with E-state index in [0.29, 0.717) is 60.5 Å². The molecular formula is C58H62F2N12O2. The largest absolute Gasteiger partial charge is 0.326 e. The second-order valence-corrected chi connectivity index (χ2v) is 19.6. The van der Waals surface area contributed by atoms with Crippen molar-refractivity contribution in [3.05, 3.63) is 214 Å². The number of benzene rings is 4. The predicted molar refractivity (Wildman–Crippen MR) is 283 cm³/mol. The highest BCUT2D eigenvalue weighted by Crippen LogP contribution is 2.42. The van der Waals surface area contributed by atoms with Crippen LogP contribution in [0.15, 0.2) is 146 Å². The van der Waals surface area contributed by atoms with E-state index in [0.717, 1.165) is 46.2 Å². The fourth-order valence-corrected chi connectivity index (χ4v) is 9.36. The maximum atomic E-state index is 15.0. The summed E-state index contributed by atoms with van der Waals surface area (Å²) < 4.78 is 33.1. The quantitative estimate of drug-likeness (QED) is 0.0477. The number of rotatable bonds is 18. The van der Waals surface area contributed by atoms with Gasteiger partial charge in [0.1, 0.15) is 23.0 Å². The van der Waals surface area contributed by atoms with Crippen LogP contribution in [0.4, 0.5) is 20.2 Å². The summed E-state index contributed by atoms with van der Waals surface area (Å²) in [5, 5.41) is 14.5. The molecular weight excluding hydrogens is 935 g/mol. The molecule has 10 N–H and O–H groups in total. The van der Waals surface area contributed by atoms with Crippen molar-refractivity contribution in [1.29, 1.82) is 0 Å². The third-order valence-corrected chi connectivity index (χ3v) is 14.0. The Morgan fingerprint density at radius 1 is 0.568 bits per heavy atom. The van der Waals surface area contributed by atoms with Gasteiger partial charge in [0.05, 0.1) is 45.2 Å². The lowest BCUT2D eigenvalue weighted by molar-refractivity contribution is 0.101. The first-order chi connectivity index (χ1) is 35.7. The molecule has 2 fully saturated rings. The molecule has 8 aromatic rings. The van der Waals surface area contributed by atoms with Gasteiger partial charge in [-0.25, -0.2) is 18.1 Å². The van der Waals surface area contributed by atoms with Gasteiger partial charge in [-0.3, -0.25) is 19.6 Å². The number of nitrogens with two attached hydrogens (primary N) is 4. The minimum absolute atomic E-state index is 0.0637. The zero-order valence-corrected chi connectivity index (χ0v) is 41.6. The number of hydrogen-bond acceptors (Lipinski definition) is 10. The van der Waals surface area contributed by atoms with Crippen LogP contribution >= 0.6 is 0 Å². The van der Waals surface area contributed by atoms with Gasteiger partial charge < -0.3 is 33.6 Å². The molecule has 4 aromatic heterocycles. The molecule has 4 heterocycles. The predicted octanol–water partition coefficient (Wildman–Crippen LogP) is 9.64. The Hall–Kier alpha value is -7.76. The minimum Gasteiger partial charge on any atom is -0.326 e. The van der Waals surface area contributed by atoms with E-state index in [1.165, 1.54) is 37.8 Å². The maximum Gasteiger partial charge on any atom is 0.274 e. The molecule has 0 radical (unpaired) electrons. The van der Waals surface area contributed by atoms with E-state index in [1.807, 2.05) is 72.8 Å². The number of nitrogens with zero attached hydrogens (tertiary/aromatic N) is 6.